The summed E-state index contributed by atoms with van der Waals surface area (Å²) in [5.41, 5.74) is 6.77. The summed E-state index contributed by atoms with van der Waals surface area (Å²) < 4.78 is 0. The molecule has 1 aromatic carbocycles. The molecule has 0 bridgehead atoms. The number of hydrogen-bond donors (Lipinski definition) is 1. The first-order valence-corrected chi connectivity index (χ1v) is 6.81. The van der Waals surface area contributed by atoms with Crippen molar-refractivity contribution in [2.45, 2.75) is 25.7 Å². The fourth-order valence-electron chi connectivity index (χ4n) is 2.64. The first-order valence-electron chi connectivity index (χ1n) is 6.81. The molecule has 1 aromatic rings. The van der Waals surface area contributed by atoms with E-state index in [2.05, 4.69) is 29.2 Å². The van der Waals surface area contributed by atoms with Crippen LogP contribution in [0.25, 0.3) is 0 Å². The van der Waals surface area contributed by atoms with Gasteiger partial charge in [-0.15, -0.1) is 0 Å². The van der Waals surface area contributed by atoms with Gasteiger partial charge in [0.1, 0.15) is 0 Å². The molecular weight excluding hydrogens is 224 g/mol. The zero-order valence-electron chi connectivity index (χ0n) is 10.8. The van der Waals surface area contributed by atoms with Gasteiger partial charge in [0.05, 0.1) is 5.92 Å². The number of nitrogens with zero attached hydrogens (tertiary/aromatic N) is 1. The summed E-state index contributed by atoms with van der Waals surface area (Å²) in [7, 11) is 0. The van der Waals surface area contributed by atoms with Gasteiger partial charge < -0.3 is 10.6 Å². The molecular formula is C15H22N2O. The summed E-state index contributed by atoms with van der Waals surface area (Å²) in [6.45, 7) is 3.03. The van der Waals surface area contributed by atoms with E-state index >= 15 is 0 Å². The molecule has 3 heteroatoms. The maximum atomic E-state index is 11.2. The molecule has 0 aromatic heterocycles. The number of carbonyl (C=O) groups excluding carboxylic acids is 1. The summed E-state index contributed by atoms with van der Waals surface area (Å²) in [4.78, 5) is 13.6. The standard InChI is InChI=1S/C15H22N2O/c16-15(18)14-9-5-11-17(12-14)10-4-8-13-6-2-1-3-7-13/h1-3,6-7,14H,4-5,8-12H2,(H2,16,18)/t14-/m0/s1. The molecule has 0 unspecified atom stereocenters. The lowest BCUT2D eigenvalue weighted by Crippen LogP contribution is -2.41. The highest BCUT2D eigenvalue weighted by Gasteiger charge is 2.23. The summed E-state index contributed by atoms with van der Waals surface area (Å²) in [5, 5.41) is 0. The van der Waals surface area contributed by atoms with Crippen LogP contribution in [0.4, 0.5) is 0 Å². The number of benzene rings is 1. The normalized spacial score (nSPS) is 20.8. The molecule has 0 spiro atoms. The minimum atomic E-state index is -0.136. The predicted octanol–water partition coefficient (Wildman–Crippen LogP) is 1.82. The van der Waals surface area contributed by atoms with Gasteiger partial charge in [-0.1, -0.05) is 30.3 Å². The monoisotopic (exact) mass is 246 g/mol. The number of rotatable bonds is 5. The Morgan fingerprint density at radius 3 is 2.83 bits per heavy atom. The Morgan fingerprint density at radius 2 is 2.11 bits per heavy atom. The number of likely N-dealkylation sites (tertiary alicyclic amines) is 1. The Bertz CT molecular complexity index is 377. The Morgan fingerprint density at radius 1 is 1.33 bits per heavy atom. The first kappa shape index (κ1) is 13.1. The number of carbonyl (C=O) groups is 1. The van der Waals surface area contributed by atoms with Gasteiger partial charge in [0, 0.05) is 6.54 Å². The highest BCUT2D eigenvalue weighted by molar-refractivity contribution is 5.76. The number of piperidine rings is 1. The van der Waals surface area contributed by atoms with Crippen LogP contribution in [0.15, 0.2) is 30.3 Å². The Kier molecular flexibility index (Phi) is 4.76. The smallest absolute Gasteiger partial charge is 0.221 e. The van der Waals surface area contributed by atoms with Gasteiger partial charge in [0.15, 0.2) is 0 Å². The third-order valence-corrected chi connectivity index (χ3v) is 3.69. The van der Waals surface area contributed by atoms with Crippen LogP contribution < -0.4 is 5.73 Å². The highest BCUT2D eigenvalue weighted by atomic mass is 16.1. The van der Waals surface area contributed by atoms with Crippen molar-refractivity contribution in [2.24, 2.45) is 11.7 Å². The largest absolute Gasteiger partial charge is 0.369 e. The maximum Gasteiger partial charge on any atom is 0.221 e. The Hall–Kier alpha value is -1.35. The molecule has 2 rings (SSSR count). The molecule has 1 atom stereocenters. The van der Waals surface area contributed by atoms with Crippen molar-refractivity contribution in [1.29, 1.82) is 0 Å². The van der Waals surface area contributed by atoms with Crippen molar-refractivity contribution in [3.63, 3.8) is 0 Å². The topological polar surface area (TPSA) is 46.3 Å². The zero-order valence-corrected chi connectivity index (χ0v) is 10.8. The van der Waals surface area contributed by atoms with Gasteiger partial charge in [-0.2, -0.15) is 0 Å². The van der Waals surface area contributed by atoms with E-state index in [0.717, 1.165) is 45.3 Å². The fraction of sp³-hybridized carbons (Fsp3) is 0.533. The van der Waals surface area contributed by atoms with Crippen LogP contribution in [0.5, 0.6) is 0 Å². The van der Waals surface area contributed by atoms with Crippen LogP contribution in [0.2, 0.25) is 0 Å². The van der Waals surface area contributed by atoms with Gasteiger partial charge in [-0.3, -0.25) is 4.79 Å². The Labute approximate surface area is 109 Å². The van der Waals surface area contributed by atoms with E-state index < -0.39 is 0 Å². The van der Waals surface area contributed by atoms with Gasteiger partial charge in [-0.05, 0) is 44.3 Å². The van der Waals surface area contributed by atoms with E-state index in [1.165, 1.54) is 5.56 Å². The average Bonchev–Trinajstić information content (AvgIpc) is 2.40. The van der Waals surface area contributed by atoms with Crippen molar-refractivity contribution in [3.8, 4) is 0 Å². The fourth-order valence-corrected chi connectivity index (χ4v) is 2.64. The summed E-state index contributed by atoms with van der Waals surface area (Å²) in [6.07, 6.45) is 4.32. The number of hydrogen-bond acceptors (Lipinski definition) is 2. The van der Waals surface area contributed by atoms with Crippen molar-refractivity contribution in [2.75, 3.05) is 19.6 Å². The van der Waals surface area contributed by atoms with E-state index in [4.69, 9.17) is 5.73 Å². The third kappa shape index (κ3) is 3.84. The molecule has 1 fully saturated rings. The van der Waals surface area contributed by atoms with E-state index in [1.54, 1.807) is 0 Å². The van der Waals surface area contributed by atoms with Crippen LogP contribution in [-0.2, 0) is 11.2 Å². The molecule has 3 nitrogen and oxygen atoms in total. The van der Waals surface area contributed by atoms with Crippen LogP contribution >= 0.6 is 0 Å². The summed E-state index contributed by atoms with van der Waals surface area (Å²) in [5.74, 6) is -0.0711. The number of amides is 1. The van der Waals surface area contributed by atoms with E-state index in [9.17, 15) is 4.79 Å². The molecule has 1 heterocycles. The second-order valence-corrected chi connectivity index (χ2v) is 5.13. The molecule has 98 valence electrons. The second-order valence-electron chi connectivity index (χ2n) is 5.13. The van der Waals surface area contributed by atoms with Crippen LogP contribution in [0.3, 0.4) is 0 Å². The second kappa shape index (κ2) is 6.55. The minimum absolute atomic E-state index is 0.0653. The van der Waals surface area contributed by atoms with Crippen molar-refractivity contribution < 1.29 is 4.79 Å². The van der Waals surface area contributed by atoms with E-state index in [1.807, 2.05) is 6.07 Å². The van der Waals surface area contributed by atoms with Crippen molar-refractivity contribution in [3.05, 3.63) is 35.9 Å². The lowest BCUT2D eigenvalue weighted by molar-refractivity contribution is -0.123. The molecule has 0 aliphatic carbocycles. The molecule has 1 saturated heterocycles. The molecule has 1 aliphatic heterocycles. The van der Waals surface area contributed by atoms with Gasteiger partial charge in [0.2, 0.25) is 5.91 Å². The number of primary amides is 1. The third-order valence-electron chi connectivity index (χ3n) is 3.69. The predicted molar refractivity (Wildman–Crippen MR) is 73.1 cm³/mol. The average molecular weight is 246 g/mol. The molecule has 1 amide bonds. The number of aryl methyl sites for hydroxylation is 1. The molecule has 2 N–H and O–H groups in total. The summed E-state index contributed by atoms with van der Waals surface area (Å²) >= 11 is 0. The van der Waals surface area contributed by atoms with Crippen molar-refractivity contribution >= 4 is 5.91 Å². The molecule has 1 aliphatic rings. The quantitative estimate of drug-likeness (QED) is 0.861. The van der Waals surface area contributed by atoms with Crippen LogP contribution in [0.1, 0.15) is 24.8 Å². The maximum absolute atomic E-state index is 11.2. The molecule has 0 radical (unpaired) electrons. The minimum Gasteiger partial charge on any atom is -0.369 e. The lowest BCUT2D eigenvalue weighted by atomic mass is 9.97. The van der Waals surface area contributed by atoms with Crippen LogP contribution in [-0.4, -0.2) is 30.4 Å². The van der Waals surface area contributed by atoms with Gasteiger partial charge in [0.25, 0.3) is 0 Å². The lowest BCUT2D eigenvalue weighted by Gasteiger charge is -2.31. The number of nitrogens with two attached hydrogens (primary N) is 1. The van der Waals surface area contributed by atoms with Gasteiger partial charge >= 0.3 is 0 Å². The van der Waals surface area contributed by atoms with E-state index in [0.29, 0.717) is 0 Å². The van der Waals surface area contributed by atoms with Gasteiger partial charge in [-0.25, -0.2) is 0 Å². The van der Waals surface area contributed by atoms with Crippen LogP contribution in [0, 0.1) is 5.92 Å². The van der Waals surface area contributed by atoms with E-state index in [-0.39, 0.29) is 11.8 Å². The Balaban J connectivity index is 1.72. The zero-order chi connectivity index (χ0) is 12.8. The SMILES string of the molecule is NC(=O)[C@H]1CCCN(CCCc2ccccc2)C1. The first-order chi connectivity index (χ1) is 8.75. The molecule has 18 heavy (non-hydrogen) atoms. The summed E-state index contributed by atoms with van der Waals surface area (Å²) in [6, 6.07) is 10.6. The van der Waals surface area contributed by atoms with Crippen molar-refractivity contribution in [1.82, 2.24) is 4.90 Å². The highest BCUT2D eigenvalue weighted by Crippen LogP contribution is 2.16. The molecule has 0 saturated carbocycles.